The highest BCUT2D eigenvalue weighted by atomic mass is 19.1. The van der Waals surface area contributed by atoms with Crippen LogP contribution in [0.4, 0.5) is 4.39 Å². The van der Waals surface area contributed by atoms with E-state index in [1.807, 2.05) is 18.2 Å². The van der Waals surface area contributed by atoms with Crippen LogP contribution in [0.15, 0.2) is 80.6 Å². The fraction of sp³-hybridized carbons (Fsp3) is 0.0800. The molecule has 168 valence electrons. The summed E-state index contributed by atoms with van der Waals surface area (Å²) in [5.74, 6) is -2.10. The number of carbonyl (C=O) groups is 1. The second-order valence-corrected chi connectivity index (χ2v) is 7.67. The topological polar surface area (TPSA) is 110 Å². The van der Waals surface area contributed by atoms with Crippen LogP contribution in [0, 0.1) is 11.7 Å². The van der Waals surface area contributed by atoms with Crippen molar-refractivity contribution >= 4 is 28.0 Å². The molecule has 0 aromatic carbocycles. The lowest BCUT2D eigenvalue weighted by molar-refractivity contribution is -0.140. The van der Waals surface area contributed by atoms with Gasteiger partial charge in [-0.05, 0) is 18.2 Å². The first-order chi connectivity index (χ1) is 16.5. The van der Waals surface area contributed by atoms with Crippen LogP contribution < -0.4 is 0 Å². The predicted octanol–water partition coefficient (Wildman–Crippen LogP) is 4.79. The lowest BCUT2D eigenvalue weighted by atomic mass is 10.00. The summed E-state index contributed by atoms with van der Waals surface area (Å²) in [6, 6.07) is 6.23. The molecule has 0 spiro atoms. The highest BCUT2D eigenvalue weighted by Crippen LogP contribution is 2.35. The summed E-state index contributed by atoms with van der Waals surface area (Å²) in [5, 5.41) is 11.0. The van der Waals surface area contributed by atoms with Crippen molar-refractivity contribution in [2.75, 3.05) is 0 Å². The van der Waals surface area contributed by atoms with Crippen LogP contribution in [0.25, 0.3) is 44.7 Å². The molecule has 0 unspecified atom stereocenters. The first-order valence-electron chi connectivity index (χ1n) is 10.4. The number of aliphatic carboxylic acids is 1. The summed E-state index contributed by atoms with van der Waals surface area (Å²) < 4.78 is 15.6. The van der Waals surface area contributed by atoms with Crippen molar-refractivity contribution in [3.8, 4) is 22.6 Å². The van der Waals surface area contributed by atoms with Crippen LogP contribution in [0.5, 0.6) is 0 Å². The number of allylic oxidation sites excluding steroid dienone is 1. The van der Waals surface area contributed by atoms with Crippen molar-refractivity contribution in [3.05, 3.63) is 86.4 Å². The Hall–Kier alpha value is -4.66. The quantitative estimate of drug-likeness (QED) is 0.342. The van der Waals surface area contributed by atoms with Crippen molar-refractivity contribution < 1.29 is 14.3 Å². The van der Waals surface area contributed by atoms with Gasteiger partial charge in [0.2, 0.25) is 0 Å². The third-order valence-electron chi connectivity index (χ3n) is 5.72. The number of H-pyrrole nitrogens is 1. The minimum Gasteiger partial charge on any atom is -0.481 e. The minimum atomic E-state index is -1.03. The highest BCUT2D eigenvalue weighted by Gasteiger charge is 2.28. The fourth-order valence-corrected chi connectivity index (χ4v) is 4.10. The number of pyridine rings is 2. The third-order valence-corrected chi connectivity index (χ3v) is 5.72. The second-order valence-electron chi connectivity index (χ2n) is 7.67. The zero-order valence-electron chi connectivity index (χ0n) is 17.9. The van der Waals surface area contributed by atoms with Crippen LogP contribution in [0.2, 0.25) is 0 Å². The molecule has 0 radical (unpaired) electrons. The molecule has 0 aliphatic carbocycles. The smallest absolute Gasteiger partial charge is 0.312 e. The van der Waals surface area contributed by atoms with Crippen LogP contribution in [0.3, 0.4) is 0 Å². The number of aromatic nitrogens is 6. The average Bonchev–Trinajstić information content (AvgIpc) is 3.43. The van der Waals surface area contributed by atoms with Crippen molar-refractivity contribution in [3.63, 3.8) is 0 Å². The summed E-state index contributed by atoms with van der Waals surface area (Å²) in [6.07, 6.45) is 10.9. The molecule has 0 saturated carbocycles. The Morgan fingerprint density at radius 2 is 1.97 bits per heavy atom. The van der Waals surface area contributed by atoms with Crippen molar-refractivity contribution in [2.24, 2.45) is 5.92 Å². The average molecular weight is 454 g/mol. The van der Waals surface area contributed by atoms with Crippen molar-refractivity contribution in [1.82, 2.24) is 29.5 Å². The van der Waals surface area contributed by atoms with E-state index < -0.39 is 23.7 Å². The van der Waals surface area contributed by atoms with Crippen LogP contribution in [-0.2, 0) is 4.79 Å². The number of rotatable bonds is 7. The van der Waals surface area contributed by atoms with Crippen LogP contribution >= 0.6 is 0 Å². The normalized spacial score (nSPS) is 13.1. The molecule has 0 saturated heterocycles. The number of carboxylic acids is 1. The second kappa shape index (κ2) is 8.36. The summed E-state index contributed by atoms with van der Waals surface area (Å²) in [7, 11) is 0. The number of fused-ring (bicyclic) bond motifs is 2. The van der Waals surface area contributed by atoms with Crippen LogP contribution in [-0.4, -0.2) is 40.6 Å². The molecule has 0 aliphatic rings. The van der Waals surface area contributed by atoms with Gasteiger partial charge in [0.1, 0.15) is 17.1 Å². The van der Waals surface area contributed by atoms with Crippen molar-refractivity contribution in [2.45, 2.75) is 6.04 Å². The zero-order chi connectivity index (χ0) is 23.8. The molecule has 0 fully saturated rings. The summed E-state index contributed by atoms with van der Waals surface area (Å²) in [5.41, 5.74) is 3.00. The molecule has 5 aromatic heterocycles. The van der Waals surface area contributed by atoms with Crippen LogP contribution in [0.1, 0.15) is 6.04 Å². The molecule has 5 heterocycles. The maximum Gasteiger partial charge on any atom is 0.312 e. The van der Waals surface area contributed by atoms with Gasteiger partial charge < -0.3 is 14.7 Å². The van der Waals surface area contributed by atoms with E-state index in [4.69, 9.17) is 4.98 Å². The monoisotopic (exact) mass is 454 g/mol. The van der Waals surface area contributed by atoms with Crippen molar-refractivity contribution in [1.29, 1.82) is 0 Å². The van der Waals surface area contributed by atoms with Gasteiger partial charge in [0.05, 0.1) is 23.9 Å². The lowest BCUT2D eigenvalue weighted by Crippen LogP contribution is -2.23. The molecular weight excluding hydrogens is 435 g/mol. The van der Waals surface area contributed by atoms with Gasteiger partial charge >= 0.3 is 5.97 Å². The number of hydrogen-bond donors (Lipinski definition) is 2. The van der Waals surface area contributed by atoms with Gasteiger partial charge in [-0.3, -0.25) is 9.78 Å². The molecule has 9 heteroatoms. The Balaban J connectivity index is 1.77. The molecule has 5 rings (SSSR count). The SMILES string of the molecule is C=C[C@H]([C@@H](C=C)C(=O)O)n1cc(-c2ccccn2)c2cnc(-c3c[nH]c4ncc(F)cc34)nc21. The molecule has 0 bridgehead atoms. The molecule has 5 aromatic rings. The number of nitrogens with zero attached hydrogens (tertiary/aromatic N) is 5. The summed E-state index contributed by atoms with van der Waals surface area (Å²) in [6.45, 7) is 7.54. The van der Waals surface area contributed by atoms with Gasteiger partial charge in [0.15, 0.2) is 5.82 Å². The third kappa shape index (κ3) is 3.43. The molecule has 2 N–H and O–H groups in total. The maximum atomic E-state index is 13.9. The Morgan fingerprint density at radius 3 is 2.68 bits per heavy atom. The fourth-order valence-electron chi connectivity index (χ4n) is 4.10. The number of carboxylic acid groups (broad SMARTS) is 1. The maximum absolute atomic E-state index is 13.9. The summed E-state index contributed by atoms with van der Waals surface area (Å²) in [4.78, 5) is 32.7. The van der Waals surface area contributed by atoms with Gasteiger partial charge in [-0.2, -0.15) is 0 Å². The minimum absolute atomic E-state index is 0.339. The number of halogens is 1. The van der Waals surface area contributed by atoms with E-state index >= 15 is 0 Å². The Bertz CT molecular complexity index is 1560. The highest BCUT2D eigenvalue weighted by molar-refractivity contribution is 5.96. The van der Waals surface area contributed by atoms with E-state index in [1.165, 1.54) is 12.1 Å². The summed E-state index contributed by atoms with van der Waals surface area (Å²) >= 11 is 0. The number of aromatic amines is 1. The molecule has 0 amide bonds. The van der Waals surface area contributed by atoms with Gasteiger partial charge in [0.25, 0.3) is 0 Å². The van der Waals surface area contributed by atoms with E-state index in [2.05, 4.69) is 33.1 Å². The Kier molecular flexibility index (Phi) is 5.21. The number of nitrogens with one attached hydrogen (secondary N) is 1. The standard InChI is InChI=1S/C25H19FN6O2/c1-3-15(25(33)34)21(4-2)32-13-19(20-7-5-6-8-27-20)18-12-30-23(31-24(18)32)17-11-29-22-16(17)9-14(26)10-28-22/h3-13,15,21H,1-2H2,(H,28,29)(H,33,34)/t15-,21-/m1/s1. The Labute approximate surface area is 193 Å². The predicted molar refractivity (Wildman–Crippen MR) is 126 cm³/mol. The van der Waals surface area contributed by atoms with Gasteiger partial charge in [-0.15, -0.1) is 13.2 Å². The first kappa shape index (κ1) is 21.2. The molecule has 8 nitrogen and oxygen atoms in total. The van der Waals surface area contributed by atoms with Gasteiger partial charge in [-0.25, -0.2) is 19.3 Å². The molecule has 2 atom stereocenters. The van der Waals surface area contributed by atoms with Gasteiger partial charge in [-0.1, -0.05) is 18.2 Å². The lowest BCUT2D eigenvalue weighted by Gasteiger charge is -2.20. The zero-order valence-corrected chi connectivity index (χ0v) is 17.9. The van der Waals surface area contributed by atoms with E-state index in [0.29, 0.717) is 39.1 Å². The molecular formula is C25H19FN6O2. The Morgan fingerprint density at radius 1 is 1.12 bits per heavy atom. The molecule has 0 aliphatic heterocycles. The van der Waals surface area contributed by atoms with E-state index in [1.54, 1.807) is 35.4 Å². The molecule has 34 heavy (non-hydrogen) atoms. The van der Waals surface area contributed by atoms with E-state index in [9.17, 15) is 14.3 Å². The van der Waals surface area contributed by atoms with E-state index in [-0.39, 0.29) is 0 Å². The largest absolute Gasteiger partial charge is 0.481 e. The van der Waals surface area contributed by atoms with E-state index in [0.717, 1.165) is 11.8 Å². The number of hydrogen-bond acceptors (Lipinski definition) is 5. The first-order valence-corrected chi connectivity index (χ1v) is 10.4. The van der Waals surface area contributed by atoms with Gasteiger partial charge in [0, 0.05) is 46.7 Å².